The number of rotatable bonds is 9. The van der Waals surface area contributed by atoms with Gasteiger partial charge < -0.3 is 28.8 Å². The fourth-order valence-corrected chi connectivity index (χ4v) is 2.73. The third-order valence-corrected chi connectivity index (χ3v) is 5.19. The van der Waals surface area contributed by atoms with E-state index in [0.29, 0.717) is 13.2 Å². The van der Waals surface area contributed by atoms with Crippen LogP contribution in [0.4, 0.5) is 0 Å². The van der Waals surface area contributed by atoms with Crippen molar-refractivity contribution in [3.05, 3.63) is 85.0 Å². The van der Waals surface area contributed by atoms with Crippen LogP contribution in [0.1, 0.15) is 31.3 Å². The number of methoxy groups -OCH3 is 2. The Morgan fingerprint density at radius 1 is 1.06 bits per heavy atom. The van der Waals surface area contributed by atoms with E-state index < -0.39 is 5.60 Å². The van der Waals surface area contributed by atoms with Crippen molar-refractivity contribution in [1.82, 2.24) is 0 Å². The van der Waals surface area contributed by atoms with E-state index in [-0.39, 0.29) is 18.5 Å². The van der Waals surface area contributed by atoms with Crippen LogP contribution in [0.5, 0.6) is 11.5 Å². The molecule has 0 radical (unpaired) electrons. The van der Waals surface area contributed by atoms with Crippen molar-refractivity contribution in [2.24, 2.45) is 0 Å². The standard InChI is InChI=1S/C13H16O3.C13H18O3/c1-4-13(2)9-15-12(16-13)10-5-7-11(14-3)8-6-10;1-4-13(2,10-14)16-9-11-5-7-12(15-3)8-6-11/h4-8,12H,1,9H2,2-3H3;4-8,14H,1,9-10H2,2-3H3/t12?,13-;/m1./s1. The van der Waals surface area contributed by atoms with E-state index in [9.17, 15) is 0 Å². The lowest BCUT2D eigenvalue weighted by Gasteiger charge is -2.23. The highest BCUT2D eigenvalue weighted by Crippen LogP contribution is 2.34. The van der Waals surface area contributed by atoms with Gasteiger partial charge in [0.15, 0.2) is 6.29 Å². The van der Waals surface area contributed by atoms with Crippen LogP contribution in [-0.2, 0) is 20.8 Å². The van der Waals surface area contributed by atoms with Crippen molar-refractivity contribution in [2.45, 2.75) is 37.9 Å². The molecular formula is C26H34O6. The SMILES string of the molecule is C=CC(C)(CO)OCc1ccc(OC)cc1.C=C[C@]1(C)COC(c2ccc(OC)cc2)O1. The van der Waals surface area contributed by atoms with Gasteiger partial charge in [-0.2, -0.15) is 0 Å². The summed E-state index contributed by atoms with van der Waals surface area (Å²) in [5.74, 6) is 1.64. The molecule has 1 aliphatic rings. The molecule has 0 aromatic heterocycles. The molecule has 2 aromatic rings. The van der Waals surface area contributed by atoms with E-state index in [0.717, 1.165) is 22.6 Å². The molecule has 1 N–H and O–H groups in total. The molecule has 1 fully saturated rings. The fraction of sp³-hybridized carbons (Fsp3) is 0.385. The Bertz CT molecular complexity index is 840. The summed E-state index contributed by atoms with van der Waals surface area (Å²) >= 11 is 0. The van der Waals surface area contributed by atoms with Gasteiger partial charge in [0.2, 0.25) is 0 Å². The smallest absolute Gasteiger partial charge is 0.185 e. The van der Waals surface area contributed by atoms with Crippen LogP contribution >= 0.6 is 0 Å². The maximum absolute atomic E-state index is 9.13. The van der Waals surface area contributed by atoms with E-state index in [1.807, 2.05) is 55.5 Å². The van der Waals surface area contributed by atoms with Gasteiger partial charge >= 0.3 is 0 Å². The lowest BCUT2D eigenvalue weighted by atomic mass is 10.1. The predicted molar refractivity (Wildman–Crippen MR) is 125 cm³/mol. The second kappa shape index (κ2) is 11.8. The van der Waals surface area contributed by atoms with Crippen LogP contribution in [0, 0.1) is 0 Å². The van der Waals surface area contributed by atoms with Crippen LogP contribution < -0.4 is 9.47 Å². The zero-order chi connectivity index (χ0) is 23.6. The van der Waals surface area contributed by atoms with Gasteiger partial charge in [-0.1, -0.05) is 36.4 Å². The summed E-state index contributed by atoms with van der Waals surface area (Å²) in [6.45, 7) is 12.0. The molecule has 0 spiro atoms. The molecule has 0 amide bonds. The van der Waals surface area contributed by atoms with Crippen molar-refractivity contribution in [3.63, 3.8) is 0 Å². The van der Waals surface area contributed by atoms with Crippen molar-refractivity contribution in [3.8, 4) is 11.5 Å². The van der Waals surface area contributed by atoms with E-state index in [1.54, 1.807) is 33.3 Å². The normalized spacial score (nSPS) is 21.6. The Kier molecular flexibility index (Phi) is 9.47. The molecule has 6 heteroatoms. The van der Waals surface area contributed by atoms with Crippen molar-refractivity contribution in [1.29, 1.82) is 0 Å². The van der Waals surface area contributed by atoms with Crippen molar-refractivity contribution < 1.29 is 28.8 Å². The van der Waals surface area contributed by atoms with Gasteiger partial charge in [-0.15, -0.1) is 13.2 Å². The van der Waals surface area contributed by atoms with E-state index in [2.05, 4.69) is 13.2 Å². The predicted octanol–water partition coefficient (Wildman–Crippen LogP) is 4.83. The Hall–Kier alpha value is -2.64. The molecule has 1 saturated heterocycles. The summed E-state index contributed by atoms with van der Waals surface area (Å²) in [5.41, 5.74) is 0.957. The average molecular weight is 443 g/mol. The molecule has 1 heterocycles. The zero-order valence-electron chi connectivity index (χ0n) is 19.4. The molecule has 3 rings (SSSR count). The summed E-state index contributed by atoms with van der Waals surface area (Å²) < 4.78 is 27.1. The molecule has 2 aromatic carbocycles. The van der Waals surface area contributed by atoms with Gasteiger partial charge in [-0.25, -0.2) is 0 Å². The summed E-state index contributed by atoms with van der Waals surface area (Å²) in [7, 11) is 3.28. The van der Waals surface area contributed by atoms with Crippen LogP contribution in [0.2, 0.25) is 0 Å². The van der Waals surface area contributed by atoms with E-state index >= 15 is 0 Å². The number of aliphatic hydroxyl groups is 1. The lowest BCUT2D eigenvalue weighted by molar-refractivity contribution is -0.0734. The number of ether oxygens (including phenoxy) is 5. The fourth-order valence-electron chi connectivity index (χ4n) is 2.73. The monoisotopic (exact) mass is 442 g/mol. The maximum atomic E-state index is 9.13. The summed E-state index contributed by atoms with van der Waals surface area (Å²) in [6, 6.07) is 15.3. The van der Waals surface area contributed by atoms with Gasteiger partial charge in [-0.3, -0.25) is 0 Å². The molecule has 1 aliphatic heterocycles. The minimum atomic E-state index is -0.681. The molecule has 3 atom stereocenters. The Morgan fingerprint density at radius 2 is 1.62 bits per heavy atom. The molecule has 174 valence electrons. The van der Waals surface area contributed by atoms with Gasteiger partial charge in [-0.05, 0) is 43.7 Å². The summed E-state index contributed by atoms with van der Waals surface area (Å²) in [5, 5.41) is 9.13. The number of aliphatic hydroxyl groups excluding tert-OH is 1. The number of benzene rings is 2. The highest BCUT2D eigenvalue weighted by Gasteiger charge is 2.35. The Morgan fingerprint density at radius 3 is 2.06 bits per heavy atom. The molecule has 32 heavy (non-hydrogen) atoms. The van der Waals surface area contributed by atoms with Crippen LogP contribution in [0.25, 0.3) is 0 Å². The summed E-state index contributed by atoms with van der Waals surface area (Å²) in [4.78, 5) is 0. The molecule has 6 nitrogen and oxygen atoms in total. The second-order valence-electron chi connectivity index (χ2n) is 7.86. The number of hydrogen-bond acceptors (Lipinski definition) is 6. The third-order valence-electron chi connectivity index (χ3n) is 5.19. The molecule has 0 saturated carbocycles. The second-order valence-corrected chi connectivity index (χ2v) is 7.86. The first-order valence-electron chi connectivity index (χ1n) is 10.4. The highest BCUT2D eigenvalue weighted by atomic mass is 16.7. The maximum Gasteiger partial charge on any atom is 0.185 e. The third kappa shape index (κ3) is 7.21. The first-order valence-corrected chi connectivity index (χ1v) is 10.4. The van der Waals surface area contributed by atoms with Crippen LogP contribution in [0.15, 0.2) is 73.8 Å². The molecule has 0 bridgehead atoms. The molecule has 2 unspecified atom stereocenters. The van der Waals surface area contributed by atoms with Crippen LogP contribution in [-0.4, -0.2) is 43.7 Å². The number of hydrogen-bond donors (Lipinski definition) is 1. The molecular weight excluding hydrogens is 408 g/mol. The van der Waals surface area contributed by atoms with Gasteiger partial charge in [0.1, 0.15) is 22.7 Å². The van der Waals surface area contributed by atoms with E-state index in [1.165, 1.54) is 0 Å². The van der Waals surface area contributed by atoms with E-state index in [4.69, 9.17) is 28.8 Å². The van der Waals surface area contributed by atoms with Gasteiger partial charge in [0.05, 0.1) is 34.0 Å². The zero-order valence-corrected chi connectivity index (χ0v) is 19.4. The molecule has 0 aliphatic carbocycles. The quantitative estimate of drug-likeness (QED) is 0.561. The highest BCUT2D eigenvalue weighted by molar-refractivity contribution is 5.28. The van der Waals surface area contributed by atoms with Crippen molar-refractivity contribution >= 4 is 0 Å². The van der Waals surface area contributed by atoms with Crippen molar-refractivity contribution in [2.75, 3.05) is 27.4 Å². The minimum absolute atomic E-state index is 0.0767. The lowest BCUT2D eigenvalue weighted by Crippen LogP contribution is -2.30. The minimum Gasteiger partial charge on any atom is -0.497 e. The topological polar surface area (TPSA) is 66.4 Å². The Labute approximate surface area is 191 Å². The Balaban J connectivity index is 0.000000227. The first kappa shape index (κ1) is 25.6. The largest absolute Gasteiger partial charge is 0.497 e. The van der Waals surface area contributed by atoms with Gasteiger partial charge in [0, 0.05) is 5.56 Å². The average Bonchev–Trinajstić information content (AvgIpc) is 3.26. The first-order chi connectivity index (χ1) is 15.3. The van der Waals surface area contributed by atoms with Crippen LogP contribution in [0.3, 0.4) is 0 Å². The van der Waals surface area contributed by atoms with Gasteiger partial charge in [0.25, 0.3) is 0 Å². The summed E-state index contributed by atoms with van der Waals surface area (Å²) in [6.07, 6.45) is 3.07.